The number of rotatable bonds is 6. The number of aliphatic hydroxyl groups is 1. The van der Waals surface area contributed by atoms with Gasteiger partial charge in [0, 0.05) is 6.42 Å². The van der Waals surface area contributed by atoms with Crippen molar-refractivity contribution >= 4 is 11.8 Å². The second kappa shape index (κ2) is 7.26. The lowest BCUT2D eigenvalue weighted by Crippen LogP contribution is -2.49. The molecule has 0 aliphatic heterocycles. The highest BCUT2D eigenvalue weighted by Crippen LogP contribution is 2.14. The maximum Gasteiger partial charge on any atom is 0.254 e. The highest BCUT2D eigenvalue weighted by molar-refractivity contribution is 5.89. The summed E-state index contributed by atoms with van der Waals surface area (Å²) in [5.41, 5.74) is 5.63. The summed E-state index contributed by atoms with van der Waals surface area (Å²) in [5, 5.41) is 20.9. The standard InChI is InChI=1S/C14H17N3O3/c1-9(7-8-15)11(13(16)19)17-14(20)12(18)10-5-3-2-4-6-10/h2-6,9,11-12,18H,7H2,1H3,(H2,16,19)(H,17,20)/t9-,11+,12-/m0/s1. The molecule has 0 bridgehead atoms. The molecular formula is C14H17N3O3. The first-order valence-electron chi connectivity index (χ1n) is 6.17. The van der Waals surface area contributed by atoms with Gasteiger partial charge in [0.25, 0.3) is 5.91 Å². The number of nitrogens with two attached hydrogens (primary N) is 1. The third kappa shape index (κ3) is 4.07. The second-order valence-electron chi connectivity index (χ2n) is 4.54. The van der Waals surface area contributed by atoms with E-state index in [1.807, 2.05) is 6.07 Å². The van der Waals surface area contributed by atoms with E-state index in [-0.39, 0.29) is 6.42 Å². The summed E-state index contributed by atoms with van der Waals surface area (Å²) in [7, 11) is 0. The molecule has 1 rings (SSSR count). The van der Waals surface area contributed by atoms with Gasteiger partial charge in [-0.05, 0) is 11.5 Å². The van der Waals surface area contributed by atoms with Gasteiger partial charge in [-0.3, -0.25) is 9.59 Å². The van der Waals surface area contributed by atoms with E-state index < -0.39 is 29.9 Å². The van der Waals surface area contributed by atoms with Crippen LogP contribution < -0.4 is 11.1 Å². The maximum absolute atomic E-state index is 11.9. The van der Waals surface area contributed by atoms with Crippen LogP contribution in [0.1, 0.15) is 25.0 Å². The molecule has 0 radical (unpaired) electrons. The van der Waals surface area contributed by atoms with Gasteiger partial charge < -0.3 is 16.2 Å². The number of hydrogen-bond donors (Lipinski definition) is 3. The minimum atomic E-state index is -1.38. The van der Waals surface area contributed by atoms with Gasteiger partial charge in [-0.15, -0.1) is 0 Å². The van der Waals surface area contributed by atoms with Gasteiger partial charge in [-0.2, -0.15) is 5.26 Å². The van der Waals surface area contributed by atoms with E-state index in [4.69, 9.17) is 11.0 Å². The number of primary amides is 1. The van der Waals surface area contributed by atoms with E-state index in [9.17, 15) is 14.7 Å². The predicted molar refractivity (Wildman–Crippen MR) is 71.9 cm³/mol. The molecule has 1 aromatic rings. The first kappa shape index (κ1) is 15.7. The fraction of sp³-hybridized carbons (Fsp3) is 0.357. The number of nitrogens with zero attached hydrogens (tertiary/aromatic N) is 1. The van der Waals surface area contributed by atoms with Crippen LogP contribution in [0.5, 0.6) is 0 Å². The number of carbonyl (C=O) groups is 2. The minimum absolute atomic E-state index is 0.0787. The molecule has 0 spiro atoms. The molecule has 4 N–H and O–H groups in total. The first-order chi connectivity index (χ1) is 9.47. The molecule has 0 aromatic heterocycles. The fourth-order valence-electron chi connectivity index (χ4n) is 1.77. The predicted octanol–water partition coefficient (Wildman–Crippen LogP) is 0.240. The summed E-state index contributed by atoms with van der Waals surface area (Å²) in [5.74, 6) is -1.88. The molecule has 1 aromatic carbocycles. The van der Waals surface area contributed by atoms with Crippen LogP contribution in [0.2, 0.25) is 0 Å². The zero-order valence-corrected chi connectivity index (χ0v) is 11.1. The van der Waals surface area contributed by atoms with Gasteiger partial charge in [-0.1, -0.05) is 37.3 Å². The number of carbonyl (C=O) groups excluding carboxylic acids is 2. The van der Waals surface area contributed by atoms with Crippen LogP contribution in [0.3, 0.4) is 0 Å². The molecule has 0 unspecified atom stereocenters. The summed E-state index contributed by atoms with van der Waals surface area (Å²) in [6.07, 6.45) is -1.30. The van der Waals surface area contributed by atoms with Crippen LogP contribution >= 0.6 is 0 Å². The molecule has 6 nitrogen and oxygen atoms in total. The molecule has 20 heavy (non-hydrogen) atoms. The normalized spacial score (nSPS) is 14.7. The Morgan fingerprint density at radius 3 is 2.50 bits per heavy atom. The van der Waals surface area contributed by atoms with Crippen molar-refractivity contribution in [2.45, 2.75) is 25.5 Å². The Morgan fingerprint density at radius 2 is 2.00 bits per heavy atom. The van der Waals surface area contributed by atoms with Gasteiger partial charge in [0.1, 0.15) is 6.04 Å². The van der Waals surface area contributed by atoms with Crippen LogP contribution in [-0.4, -0.2) is 23.0 Å². The Bertz CT molecular complexity index is 510. The van der Waals surface area contributed by atoms with Crippen molar-refractivity contribution < 1.29 is 14.7 Å². The molecule has 0 fully saturated rings. The van der Waals surface area contributed by atoms with Crippen LogP contribution in [0.25, 0.3) is 0 Å². The number of aliphatic hydroxyl groups excluding tert-OH is 1. The molecule has 2 amide bonds. The topological polar surface area (TPSA) is 116 Å². The smallest absolute Gasteiger partial charge is 0.254 e. The molecule has 0 aliphatic rings. The monoisotopic (exact) mass is 275 g/mol. The molecule has 3 atom stereocenters. The summed E-state index contributed by atoms with van der Waals surface area (Å²) in [4.78, 5) is 23.2. The molecule has 0 saturated heterocycles. The zero-order valence-electron chi connectivity index (χ0n) is 11.1. The number of nitrogens with one attached hydrogen (secondary N) is 1. The van der Waals surface area contributed by atoms with E-state index >= 15 is 0 Å². The summed E-state index contributed by atoms with van der Waals surface area (Å²) >= 11 is 0. The number of hydrogen-bond acceptors (Lipinski definition) is 4. The SMILES string of the molecule is C[C@@H](CC#N)[C@@H](NC(=O)[C@@H](O)c1ccccc1)C(N)=O. The lowest BCUT2D eigenvalue weighted by molar-refractivity contribution is -0.134. The Hall–Kier alpha value is -2.39. The average molecular weight is 275 g/mol. The molecule has 0 saturated carbocycles. The number of benzene rings is 1. The molecule has 0 heterocycles. The van der Waals surface area contributed by atoms with Crippen molar-refractivity contribution in [1.82, 2.24) is 5.32 Å². The molecule has 6 heteroatoms. The van der Waals surface area contributed by atoms with E-state index in [1.54, 1.807) is 37.3 Å². The van der Waals surface area contributed by atoms with E-state index in [0.717, 1.165) is 0 Å². The highest BCUT2D eigenvalue weighted by Gasteiger charge is 2.27. The summed E-state index contributed by atoms with van der Waals surface area (Å²) in [6.45, 7) is 1.63. The third-order valence-corrected chi connectivity index (χ3v) is 2.95. The largest absolute Gasteiger partial charge is 0.378 e. The van der Waals surface area contributed by atoms with E-state index in [1.165, 1.54) is 0 Å². The van der Waals surface area contributed by atoms with Crippen molar-refractivity contribution in [3.63, 3.8) is 0 Å². The summed E-state index contributed by atoms with van der Waals surface area (Å²) < 4.78 is 0. The Kier molecular flexibility index (Phi) is 5.69. The van der Waals surface area contributed by atoms with Crippen molar-refractivity contribution in [2.75, 3.05) is 0 Å². The van der Waals surface area contributed by atoms with Gasteiger partial charge >= 0.3 is 0 Å². The number of amides is 2. The number of nitriles is 1. The quantitative estimate of drug-likeness (QED) is 0.689. The van der Waals surface area contributed by atoms with E-state index in [0.29, 0.717) is 5.56 Å². The van der Waals surface area contributed by atoms with Crippen LogP contribution in [0.15, 0.2) is 30.3 Å². The lowest BCUT2D eigenvalue weighted by atomic mass is 9.97. The molecule has 0 aliphatic carbocycles. The van der Waals surface area contributed by atoms with Gasteiger partial charge in [0.15, 0.2) is 6.10 Å². The molecule has 106 valence electrons. The van der Waals surface area contributed by atoms with Crippen molar-refractivity contribution in [3.8, 4) is 6.07 Å². The summed E-state index contributed by atoms with van der Waals surface area (Å²) in [6, 6.07) is 9.27. The lowest BCUT2D eigenvalue weighted by Gasteiger charge is -2.22. The Morgan fingerprint density at radius 1 is 1.40 bits per heavy atom. The third-order valence-electron chi connectivity index (χ3n) is 2.95. The molecular weight excluding hydrogens is 258 g/mol. The van der Waals surface area contributed by atoms with Gasteiger partial charge in [0.2, 0.25) is 5.91 Å². The maximum atomic E-state index is 11.9. The van der Waals surface area contributed by atoms with E-state index in [2.05, 4.69) is 5.32 Å². The van der Waals surface area contributed by atoms with Crippen molar-refractivity contribution in [3.05, 3.63) is 35.9 Å². The van der Waals surface area contributed by atoms with Crippen molar-refractivity contribution in [1.29, 1.82) is 5.26 Å². The second-order valence-corrected chi connectivity index (χ2v) is 4.54. The minimum Gasteiger partial charge on any atom is -0.378 e. The zero-order chi connectivity index (χ0) is 15.1. The highest BCUT2D eigenvalue weighted by atomic mass is 16.3. The van der Waals surface area contributed by atoms with Crippen LogP contribution in [0, 0.1) is 17.2 Å². The van der Waals surface area contributed by atoms with Crippen LogP contribution in [-0.2, 0) is 9.59 Å². The van der Waals surface area contributed by atoms with Crippen LogP contribution in [0.4, 0.5) is 0 Å². The average Bonchev–Trinajstić information content (AvgIpc) is 2.44. The van der Waals surface area contributed by atoms with Gasteiger partial charge in [-0.25, -0.2) is 0 Å². The fourth-order valence-corrected chi connectivity index (χ4v) is 1.77. The Labute approximate surface area is 117 Å². The van der Waals surface area contributed by atoms with Gasteiger partial charge in [0.05, 0.1) is 6.07 Å². The Balaban J connectivity index is 2.77. The first-order valence-corrected chi connectivity index (χ1v) is 6.17. The van der Waals surface area contributed by atoms with Crippen molar-refractivity contribution in [2.24, 2.45) is 11.7 Å².